The Morgan fingerprint density at radius 1 is 0.528 bits per heavy atom. The summed E-state index contributed by atoms with van der Waals surface area (Å²) >= 11 is 11.0. The lowest BCUT2D eigenvalue weighted by molar-refractivity contribution is -0.386. The van der Waals surface area contributed by atoms with Crippen molar-refractivity contribution in [2.45, 2.75) is 13.1 Å². The average Bonchev–Trinajstić information content (AvgIpc) is 2.91. The minimum Gasteiger partial charge on any atom is -0.545 e. The Morgan fingerprint density at radius 3 is 1.00 bits per heavy atom. The van der Waals surface area contributed by atoms with Crippen LogP contribution in [0.15, 0.2) is 109 Å². The van der Waals surface area contributed by atoms with Crippen molar-refractivity contribution < 1.29 is 31.3 Å². The van der Waals surface area contributed by atoms with E-state index in [0.717, 1.165) is 13.1 Å². The van der Waals surface area contributed by atoms with Crippen molar-refractivity contribution in [2.24, 2.45) is 0 Å². The number of halogens is 2. The number of carbonyl (C=O) groups is 2. The molecular weight excluding hydrogens is 499 g/mol. The molecule has 0 unspecified atom stereocenters. The third-order valence-corrected chi connectivity index (χ3v) is 4.93. The third kappa shape index (κ3) is 13.3. The van der Waals surface area contributed by atoms with E-state index in [4.69, 9.17) is 23.2 Å². The minimum atomic E-state index is -1.18. The van der Waals surface area contributed by atoms with Gasteiger partial charge in [-0.15, -0.1) is 0 Å². The van der Waals surface area contributed by atoms with Gasteiger partial charge >= 0.3 is 0 Å². The molecule has 0 heterocycles. The first kappa shape index (κ1) is 30.4. The molecular formula is C28H28Cl2N2O4. The molecule has 0 aromatic heterocycles. The summed E-state index contributed by atoms with van der Waals surface area (Å²) in [6.07, 6.45) is 0. The van der Waals surface area contributed by atoms with Gasteiger partial charge in [0.15, 0.2) is 0 Å². The second-order valence-electron chi connectivity index (χ2n) is 7.06. The average molecular weight is 527 g/mol. The summed E-state index contributed by atoms with van der Waals surface area (Å²) in [4.78, 5) is 20.3. The molecule has 0 saturated heterocycles. The molecule has 0 radical (unpaired) electrons. The number of carbonyl (C=O) groups excluding carboxylic acids is 2. The monoisotopic (exact) mass is 526 g/mol. The highest BCUT2D eigenvalue weighted by molar-refractivity contribution is 6.30. The fourth-order valence-corrected chi connectivity index (χ4v) is 2.71. The van der Waals surface area contributed by atoms with Crippen LogP contribution in [-0.2, 0) is 13.1 Å². The Hall–Kier alpha value is -3.68. The molecule has 0 bridgehead atoms. The van der Waals surface area contributed by atoms with Crippen LogP contribution in [0.25, 0.3) is 0 Å². The SMILES string of the molecule is O=C([O-])c1ccc(Cl)cc1.O=C([O-])c1ccc(Cl)cc1.[NH3+]Cc1ccccc1.[NH3+]Cc1ccccc1. The van der Waals surface area contributed by atoms with E-state index in [1.165, 1.54) is 59.7 Å². The van der Waals surface area contributed by atoms with Crippen molar-refractivity contribution >= 4 is 35.1 Å². The first-order chi connectivity index (χ1) is 17.3. The van der Waals surface area contributed by atoms with Gasteiger partial charge in [-0.2, -0.15) is 0 Å². The zero-order chi connectivity index (χ0) is 26.8. The number of carboxylic acid groups (broad SMARTS) is 2. The fourth-order valence-electron chi connectivity index (χ4n) is 2.46. The van der Waals surface area contributed by atoms with E-state index >= 15 is 0 Å². The smallest absolute Gasteiger partial charge is 0.0997 e. The summed E-state index contributed by atoms with van der Waals surface area (Å²) in [6.45, 7) is 1.78. The van der Waals surface area contributed by atoms with Crippen molar-refractivity contribution in [1.29, 1.82) is 0 Å². The van der Waals surface area contributed by atoms with E-state index in [1.807, 2.05) is 36.4 Å². The van der Waals surface area contributed by atoms with Crippen LogP contribution in [0, 0.1) is 0 Å². The summed E-state index contributed by atoms with van der Waals surface area (Å²) in [6, 6.07) is 32.1. The molecule has 0 spiro atoms. The number of hydrogen-bond acceptors (Lipinski definition) is 4. The van der Waals surface area contributed by atoms with Gasteiger partial charge in [-0.1, -0.05) is 108 Å². The lowest BCUT2D eigenvalue weighted by Crippen LogP contribution is -2.47. The molecule has 4 rings (SSSR count). The van der Waals surface area contributed by atoms with Crippen molar-refractivity contribution in [3.63, 3.8) is 0 Å². The summed E-state index contributed by atoms with van der Waals surface area (Å²) in [5.41, 5.74) is 10.4. The maximum absolute atomic E-state index is 10.2. The number of quaternary nitrogens is 2. The normalized spacial score (nSPS) is 9.22. The van der Waals surface area contributed by atoms with Gasteiger partial charge in [0.1, 0.15) is 0 Å². The predicted molar refractivity (Wildman–Crippen MR) is 138 cm³/mol. The van der Waals surface area contributed by atoms with Crippen molar-refractivity contribution in [3.05, 3.63) is 141 Å². The van der Waals surface area contributed by atoms with E-state index in [-0.39, 0.29) is 11.1 Å². The van der Waals surface area contributed by atoms with Gasteiger partial charge in [-0.05, 0) is 35.4 Å². The Morgan fingerprint density at radius 2 is 0.806 bits per heavy atom. The van der Waals surface area contributed by atoms with Gasteiger partial charge in [0.05, 0.1) is 25.0 Å². The van der Waals surface area contributed by atoms with Crippen molar-refractivity contribution in [1.82, 2.24) is 0 Å². The molecule has 8 heteroatoms. The van der Waals surface area contributed by atoms with Crippen LogP contribution in [0.3, 0.4) is 0 Å². The van der Waals surface area contributed by atoms with Crippen LogP contribution >= 0.6 is 23.2 Å². The highest BCUT2D eigenvalue weighted by Crippen LogP contribution is 2.09. The summed E-state index contributed by atoms with van der Waals surface area (Å²) in [7, 11) is 0. The second-order valence-corrected chi connectivity index (χ2v) is 7.93. The number of benzene rings is 4. The van der Waals surface area contributed by atoms with Crippen LogP contribution in [0.2, 0.25) is 10.0 Å². The molecule has 0 fully saturated rings. The first-order valence-corrected chi connectivity index (χ1v) is 11.6. The summed E-state index contributed by atoms with van der Waals surface area (Å²) in [5, 5.41) is 21.4. The van der Waals surface area contributed by atoms with Crippen LogP contribution in [0.5, 0.6) is 0 Å². The molecule has 0 aliphatic heterocycles. The van der Waals surface area contributed by atoms with E-state index in [0.29, 0.717) is 10.0 Å². The van der Waals surface area contributed by atoms with E-state index in [2.05, 4.69) is 35.7 Å². The molecule has 0 aliphatic rings. The zero-order valence-electron chi connectivity index (χ0n) is 19.6. The quantitative estimate of drug-likeness (QED) is 0.421. The predicted octanol–water partition coefficient (Wildman–Crippen LogP) is 2.26. The van der Waals surface area contributed by atoms with Gasteiger partial charge < -0.3 is 31.3 Å². The van der Waals surface area contributed by atoms with Crippen molar-refractivity contribution in [3.8, 4) is 0 Å². The minimum absolute atomic E-state index is 0.143. The van der Waals surface area contributed by atoms with E-state index < -0.39 is 11.9 Å². The standard InChI is InChI=1S/2C7H5ClO2.2C7H9N/c2*8-6-3-1-5(2-4-6)7(9)10;2*8-6-7-4-2-1-3-5-7/h2*1-4H,(H,9,10);2*1-5H,6,8H2. The first-order valence-electron chi connectivity index (χ1n) is 10.9. The molecule has 0 atom stereocenters. The molecule has 0 amide bonds. The second kappa shape index (κ2) is 17.7. The zero-order valence-corrected chi connectivity index (χ0v) is 21.1. The van der Waals surface area contributed by atoms with E-state index in [9.17, 15) is 19.8 Å². The van der Waals surface area contributed by atoms with Crippen molar-refractivity contribution in [2.75, 3.05) is 0 Å². The van der Waals surface area contributed by atoms with Gasteiger partial charge in [-0.25, -0.2) is 0 Å². The van der Waals surface area contributed by atoms with Crippen LogP contribution in [0.1, 0.15) is 31.8 Å². The van der Waals surface area contributed by atoms with Gasteiger partial charge in [-0.3, -0.25) is 0 Å². The summed E-state index contributed by atoms with van der Waals surface area (Å²) < 4.78 is 0. The number of carboxylic acids is 2. The Balaban J connectivity index is 0.000000241. The Labute approximate surface area is 220 Å². The Kier molecular flexibility index (Phi) is 14.9. The number of hydrogen-bond donors (Lipinski definition) is 2. The molecule has 0 saturated carbocycles. The fraction of sp³-hybridized carbons (Fsp3) is 0.0714. The largest absolute Gasteiger partial charge is 0.545 e. The maximum atomic E-state index is 10.2. The number of rotatable bonds is 4. The molecule has 4 aromatic rings. The van der Waals surface area contributed by atoms with Crippen LogP contribution < -0.4 is 21.7 Å². The van der Waals surface area contributed by atoms with Gasteiger partial charge in [0.25, 0.3) is 0 Å². The van der Waals surface area contributed by atoms with Crippen LogP contribution in [-0.4, -0.2) is 11.9 Å². The third-order valence-electron chi connectivity index (χ3n) is 4.42. The topological polar surface area (TPSA) is 136 Å². The molecule has 188 valence electrons. The maximum Gasteiger partial charge on any atom is 0.0997 e. The Bertz CT molecular complexity index is 1060. The molecule has 4 aromatic carbocycles. The highest BCUT2D eigenvalue weighted by atomic mass is 35.5. The molecule has 6 N–H and O–H groups in total. The summed E-state index contributed by atoms with van der Waals surface area (Å²) in [5.74, 6) is -2.37. The lowest BCUT2D eigenvalue weighted by Gasteiger charge is -1.99. The highest BCUT2D eigenvalue weighted by Gasteiger charge is 1.91. The molecule has 6 nitrogen and oxygen atoms in total. The number of aromatic carboxylic acids is 2. The van der Waals surface area contributed by atoms with E-state index in [1.54, 1.807) is 0 Å². The van der Waals surface area contributed by atoms with Gasteiger partial charge in [0, 0.05) is 21.2 Å². The molecule has 36 heavy (non-hydrogen) atoms. The van der Waals surface area contributed by atoms with Crippen LogP contribution in [0.4, 0.5) is 0 Å². The lowest BCUT2D eigenvalue weighted by atomic mass is 10.2. The van der Waals surface area contributed by atoms with Gasteiger partial charge in [0.2, 0.25) is 0 Å². The molecule has 0 aliphatic carbocycles.